The van der Waals surface area contributed by atoms with E-state index >= 15 is 0 Å². The van der Waals surface area contributed by atoms with Crippen LogP contribution < -0.4 is 0 Å². The third-order valence-electron chi connectivity index (χ3n) is 2.64. The number of nitrogens with zero attached hydrogens (tertiary/aromatic N) is 1. The molecule has 2 aromatic carbocycles. The Morgan fingerprint density at radius 2 is 1.74 bits per heavy atom. The second-order valence-electron chi connectivity index (χ2n) is 3.95. The molecule has 0 aromatic heterocycles. The van der Waals surface area contributed by atoms with Gasteiger partial charge in [0, 0.05) is 16.1 Å². The van der Waals surface area contributed by atoms with Gasteiger partial charge in [-0.3, -0.25) is 0 Å². The minimum atomic E-state index is -0.927. The molecule has 1 nitrogen and oxygen atoms in total. The van der Waals surface area contributed by atoms with Crippen molar-refractivity contribution in [3.63, 3.8) is 0 Å². The maximum absolute atomic E-state index is 13.7. The summed E-state index contributed by atoms with van der Waals surface area (Å²) in [6.07, 6.45) is -0.0275. The monoisotopic (exact) mass is 373 g/mol. The molecule has 0 aliphatic carbocycles. The van der Waals surface area contributed by atoms with E-state index in [1.165, 1.54) is 6.07 Å². The van der Waals surface area contributed by atoms with E-state index in [1.54, 1.807) is 18.2 Å². The fraction of sp³-hybridized carbons (Fsp3) is 0.0714. The van der Waals surface area contributed by atoms with Crippen molar-refractivity contribution >= 4 is 22.6 Å². The summed E-state index contributed by atoms with van der Waals surface area (Å²) in [5, 5.41) is 8.87. The Morgan fingerprint density at radius 1 is 1.00 bits per heavy atom. The summed E-state index contributed by atoms with van der Waals surface area (Å²) in [7, 11) is 0. The van der Waals surface area contributed by atoms with Crippen LogP contribution in [0.25, 0.3) is 0 Å². The van der Waals surface area contributed by atoms with E-state index in [0.29, 0.717) is 11.6 Å². The number of rotatable bonds is 2. The molecule has 2 aromatic rings. The molecule has 0 heterocycles. The van der Waals surface area contributed by atoms with E-state index < -0.39 is 17.5 Å². The third kappa shape index (κ3) is 3.07. The summed E-state index contributed by atoms with van der Waals surface area (Å²) in [6, 6.07) is 7.95. The van der Waals surface area contributed by atoms with E-state index in [-0.39, 0.29) is 17.5 Å². The second kappa shape index (κ2) is 5.61. The minimum absolute atomic E-state index is 0.0275. The van der Waals surface area contributed by atoms with Gasteiger partial charge >= 0.3 is 0 Å². The van der Waals surface area contributed by atoms with E-state index in [2.05, 4.69) is 0 Å². The van der Waals surface area contributed by atoms with Gasteiger partial charge in [-0.1, -0.05) is 6.07 Å². The van der Waals surface area contributed by atoms with Crippen LogP contribution in [0.3, 0.4) is 0 Å². The normalized spacial score (nSPS) is 10.3. The summed E-state index contributed by atoms with van der Waals surface area (Å²) < 4.78 is 41.0. The highest BCUT2D eigenvalue weighted by Crippen LogP contribution is 2.21. The molecule has 0 saturated heterocycles. The Balaban J connectivity index is 2.46. The molecule has 5 heteroatoms. The van der Waals surface area contributed by atoms with E-state index in [4.69, 9.17) is 5.26 Å². The fourth-order valence-corrected chi connectivity index (χ4v) is 2.21. The molecule has 0 saturated carbocycles. The molecular formula is C14H7F3IN. The highest BCUT2D eigenvalue weighted by Gasteiger charge is 2.13. The van der Waals surface area contributed by atoms with Gasteiger partial charge in [-0.25, -0.2) is 13.2 Å². The zero-order valence-electron chi connectivity index (χ0n) is 9.55. The lowest BCUT2D eigenvalue weighted by Crippen LogP contribution is -2.00. The highest BCUT2D eigenvalue weighted by molar-refractivity contribution is 14.1. The van der Waals surface area contributed by atoms with Gasteiger partial charge < -0.3 is 0 Å². The first-order valence-corrected chi connectivity index (χ1v) is 6.41. The lowest BCUT2D eigenvalue weighted by atomic mass is 9.99. The number of hydrogen-bond acceptors (Lipinski definition) is 1. The fourth-order valence-electron chi connectivity index (χ4n) is 1.76. The van der Waals surface area contributed by atoms with Gasteiger partial charge in [0.05, 0.1) is 5.56 Å². The predicted octanol–water partition coefficient (Wildman–Crippen LogP) is 4.17. The van der Waals surface area contributed by atoms with Crippen molar-refractivity contribution in [2.75, 3.05) is 0 Å². The molecule has 0 bridgehead atoms. The van der Waals surface area contributed by atoms with Crippen LogP contribution >= 0.6 is 22.6 Å². The van der Waals surface area contributed by atoms with E-state index in [9.17, 15) is 13.2 Å². The molecule has 0 atom stereocenters. The Kier molecular flexibility index (Phi) is 4.10. The van der Waals surface area contributed by atoms with Crippen LogP contribution in [0.2, 0.25) is 0 Å². The van der Waals surface area contributed by atoms with E-state index in [1.807, 2.05) is 22.6 Å². The van der Waals surface area contributed by atoms with Gasteiger partial charge in [0.1, 0.15) is 23.5 Å². The molecule has 0 fully saturated rings. The molecule has 2 rings (SSSR count). The quantitative estimate of drug-likeness (QED) is 0.725. The average molecular weight is 373 g/mol. The summed E-state index contributed by atoms with van der Waals surface area (Å²) in [5.74, 6) is -2.17. The Bertz CT molecular complexity index is 677. The predicted molar refractivity (Wildman–Crippen MR) is 73.0 cm³/mol. The van der Waals surface area contributed by atoms with Crippen LogP contribution in [0.15, 0.2) is 30.3 Å². The zero-order chi connectivity index (χ0) is 14.0. The molecule has 0 aliphatic rings. The number of halogens is 4. The molecule has 96 valence electrons. The first kappa shape index (κ1) is 13.9. The largest absolute Gasteiger partial charge is 0.207 e. The van der Waals surface area contributed by atoms with Crippen LogP contribution in [0.5, 0.6) is 0 Å². The van der Waals surface area contributed by atoms with E-state index in [0.717, 1.165) is 9.64 Å². The second-order valence-corrected chi connectivity index (χ2v) is 5.19. The SMILES string of the molecule is N#Cc1c(F)cc(F)cc1Cc1ccc(I)cc1F. The lowest BCUT2D eigenvalue weighted by molar-refractivity contribution is 0.576. The van der Waals surface area contributed by atoms with Gasteiger partial charge in [-0.05, 0) is 51.9 Å². The van der Waals surface area contributed by atoms with Crippen LogP contribution in [-0.2, 0) is 6.42 Å². The minimum Gasteiger partial charge on any atom is -0.207 e. The molecule has 0 spiro atoms. The van der Waals surface area contributed by atoms with Crippen molar-refractivity contribution in [2.45, 2.75) is 6.42 Å². The van der Waals surface area contributed by atoms with Gasteiger partial charge in [0.2, 0.25) is 0 Å². The van der Waals surface area contributed by atoms with Crippen LogP contribution in [-0.4, -0.2) is 0 Å². The number of nitriles is 1. The zero-order valence-corrected chi connectivity index (χ0v) is 11.7. The standard InChI is InChI=1S/C14H7F3IN/c15-10-4-9(12(7-19)14(17)5-10)3-8-1-2-11(18)6-13(8)16/h1-2,4-6H,3H2. The third-order valence-corrected chi connectivity index (χ3v) is 3.32. The van der Waals surface area contributed by atoms with Crippen molar-refractivity contribution in [3.8, 4) is 6.07 Å². The summed E-state index contributed by atoms with van der Waals surface area (Å²) >= 11 is 1.97. The Hall–Kier alpha value is -1.55. The summed E-state index contributed by atoms with van der Waals surface area (Å²) in [6.45, 7) is 0. The molecule has 0 amide bonds. The van der Waals surface area contributed by atoms with Crippen molar-refractivity contribution in [1.82, 2.24) is 0 Å². The first-order chi connectivity index (χ1) is 9.01. The molecule has 0 aliphatic heterocycles. The van der Waals surface area contributed by atoms with Crippen molar-refractivity contribution in [2.24, 2.45) is 0 Å². The van der Waals surface area contributed by atoms with Crippen LogP contribution in [0.4, 0.5) is 13.2 Å². The first-order valence-electron chi connectivity index (χ1n) is 5.33. The highest BCUT2D eigenvalue weighted by atomic mass is 127. The van der Waals surface area contributed by atoms with Crippen molar-refractivity contribution < 1.29 is 13.2 Å². The molecular weight excluding hydrogens is 366 g/mol. The average Bonchev–Trinajstić information content (AvgIpc) is 2.32. The summed E-state index contributed by atoms with van der Waals surface area (Å²) in [4.78, 5) is 0. The van der Waals surface area contributed by atoms with Gasteiger partial charge in [-0.2, -0.15) is 5.26 Å². The van der Waals surface area contributed by atoms with Crippen molar-refractivity contribution in [1.29, 1.82) is 5.26 Å². The maximum Gasteiger partial charge on any atom is 0.144 e. The number of hydrogen-bond donors (Lipinski definition) is 0. The topological polar surface area (TPSA) is 23.8 Å². The van der Waals surface area contributed by atoms with Gasteiger partial charge in [-0.15, -0.1) is 0 Å². The van der Waals surface area contributed by atoms with Crippen LogP contribution in [0, 0.1) is 32.4 Å². The number of benzene rings is 2. The Morgan fingerprint density at radius 3 is 2.37 bits per heavy atom. The molecule has 0 radical (unpaired) electrons. The lowest BCUT2D eigenvalue weighted by Gasteiger charge is -2.07. The molecule has 0 unspecified atom stereocenters. The maximum atomic E-state index is 13.7. The molecule has 0 N–H and O–H groups in total. The van der Waals surface area contributed by atoms with Crippen molar-refractivity contribution in [3.05, 3.63) is 68.0 Å². The molecule has 19 heavy (non-hydrogen) atoms. The van der Waals surface area contributed by atoms with Gasteiger partial charge in [0.15, 0.2) is 0 Å². The van der Waals surface area contributed by atoms with Crippen LogP contribution in [0.1, 0.15) is 16.7 Å². The Labute approximate surface area is 121 Å². The summed E-state index contributed by atoms with van der Waals surface area (Å²) in [5.41, 5.74) is 0.182. The smallest absolute Gasteiger partial charge is 0.144 e. The van der Waals surface area contributed by atoms with Gasteiger partial charge in [0.25, 0.3) is 0 Å².